The van der Waals surface area contributed by atoms with E-state index in [9.17, 15) is 4.79 Å². The van der Waals surface area contributed by atoms with Gasteiger partial charge in [-0.25, -0.2) is 4.98 Å². The number of aryl methyl sites for hydroxylation is 1. The monoisotopic (exact) mass is 476 g/mol. The van der Waals surface area contributed by atoms with Crippen molar-refractivity contribution in [3.05, 3.63) is 101 Å². The van der Waals surface area contributed by atoms with Crippen molar-refractivity contribution in [2.24, 2.45) is 0 Å². The number of ether oxygens (including phenoxy) is 2. The van der Waals surface area contributed by atoms with Crippen LogP contribution in [0, 0.1) is 0 Å². The fraction of sp³-hybridized carbons (Fsp3) is 0.185. The summed E-state index contributed by atoms with van der Waals surface area (Å²) in [5.74, 6) is 2.35. The molecular weight excluding hydrogens is 452 g/mol. The van der Waals surface area contributed by atoms with Gasteiger partial charge in [-0.3, -0.25) is 4.79 Å². The lowest BCUT2D eigenvalue weighted by atomic mass is 10.2. The van der Waals surface area contributed by atoms with Gasteiger partial charge in [0.05, 0.1) is 13.3 Å². The Morgan fingerprint density at radius 3 is 2.56 bits per heavy atom. The Labute approximate surface area is 203 Å². The van der Waals surface area contributed by atoms with Gasteiger partial charge in [-0.15, -0.1) is 0 Å². The van der Waals surface area contributed by atoms with E-state index in [-0.39, 0.29) is 12.3 Å². The van der Waals surface area contributed by atoms with Crippen LogP contribution in [0.25, 0.3) is 11.3 Å². The van der Waals surface area contributed by atoms with E-state index in [2.05, 4.69) is 10.3 Å². The number of hydrogen-bond acceptors (Lipinski definition) is 5. The van der Waals surface area contributed by atoms with Crippen LogP contribution in [0.5, 0.6) is 11.5 Å². The molecule has 0 radical (unpaired) electrons. The normalized spacial score (nSPS) is 10.6. The molecule has 0 aliphatic carbocycles. The Hall–Kier alpha value is -3.77. The maximum absolute atomic E-state index is 12.3. The molecule has 1 aromatic heterocycles. The average Bonchev–Trinajstić information content (AvgIpc) is 3.35. The van der Waals surface area contributed by atoms with E-state index in [0.717, 1.165) is 16.7 Å². The number of oxazole rings is 1. The number of nitrogens with one attached hydrogen (secondary N) is 1. The van der Waals surface area contributed by atoms with Gasteiger partial charge in [0.2, 0.25) is 5.91 Å². The molecule has 6 nitrogen and oxygen atoms in total. The Balaban J connectivity index is 1.26. The van der Waals surface area contributed by atoms with Gasteiger partial charge in [-0.05, 0) is 47.5 Å². The lowest BCUT2D eigenvalue weighted by Gasteiger charge is -2.13. The van der Waals surface area contributed by atoms with Gasteiger partial charge in [0.25, 0.3) is 0 Å². The number of methoxy groups -OCH3 is 1. The third kappa shape index (κ3) is 6.39. The van der Waals surface area contributed by atoms with E-state index in [1.54, 1.807) is 25.4 Å². The number of nitrogens with zero attached hydrogens (tertiary/aromatic N) is 1. The van der Waals surface area contributed by atoms with E-state index in [1.807, 2.05) is 60.7 Å². The maximum Gasteiger partial charge on any atom is 0.220 e. The predicted molar refractivity (Wildman–Crippen MR) is 131 cm³/mol. The standard InChI is InChI=1S/C27H25ClN2O4/c1-32-24-15-20(7-12-23(24)33-18-19-5-3-2-4-6-19)16-29-26(31)13-14-27-30-17-25(34-27)21-8-10-22(28)11-9-21/h2-12,15,17H,13-14,16,18H2,1H3,(H,29,31). The summed E-state index contributed by atoms with van der Waals surface area (Å²) in [4.78, 5) is 16.6. The van der Waals surface area contributed by atoms with Crippen LogP contribution in [0.15, 0.2) is 83.4 Å². The van der Waals surface area contributed by atoms with Crippen LogP contribution in [-0.2, 0) is 24.4 Å². The second-order valence-electron chi connectivity index (χ2n) is 7.66. The van der Waals surface area contributed by atoms with Crippen LogP contribution in [0.1, 0.15) is 23.4 Å². The minimum Gasteiger partial charge on any atom is -0.493 e. The zero-order chi connectivity index (χ0) is 23.8. The molecule has 0 spiro atoms. The van der Waals surface area contributed by atoms with Crippen molar-refractivity contribution in [1.82, 2.24) is 10.3 Å². The smallest absolute Gasteiger partial charge is 0.220 e. The van der Waals surface area contributed by atoms with E-state index in [0.29, 0.717) is 47.7 Å². The Morgan fingerprint density at radius 1 is 1.00 bits per heavy atom. The molecule has 0 saturated heterocycles. The first kappa shape index (κ1) is 23.4. The van der Waals surface area contributed by atoms with Crippen molar-refractivity contribution in [3.63, 3.8) is 0 Å². The first-order valence-electron chi connectivity index (χ1n) is 10.9. The van der Waals surface area contributed by atoms with Crippen LogP contribution in [0.3, 0.4) is 0 Å². The van der Waals surface area contributed by atoms with Crippen molar-refractivity contribution in [1.29, 1.82) is 0 Å². The number of carbonyl (C=O) groups is 1. The molecule has 0 saturated carbocycles. The highest BCUT2D eigenvalue weighted by Crippen LogP contribution is 2.29. The van der Waals surface area contributed by atoms with Gasteiger partial charge in [0, 0.05) is 30.0 Å². The van der Waals surface area contributed by atoms with Crippen molar-refractivity contribution < 1.29 is 18.7 Å². The first-order valence-corrected chi connectivity index (χ1v) is 11.3. The fourth-order valence-corrected chi connectivity index (χ4v) is 3.49. The van der Waals surface area contributed by atoms with Crippen LogP contribution < -0.4 is 14.8 Å². The highest BCUT2D eigenvalue weighted by Gasteiger charge is 2.11. The molecule has 1 N–H and O–H groups in total. The zero-order valence-electron chi connectivity index (χ0n) is 18.8. The van der Waals surface area contributed by atoms with Gasteiger partial charge in [0.1, 0.15) is 6.61 Å². The third-order valence-electron chi connectivity index (χ3n) is 5.20. The third-order valence-corrected chi connectivity index (χ3v) is 5.46. The summed E-state index contributed by atoms with van der Waals surface area (Å²) < 4.78 is 17.1. The molecule has 1 heterocycles. The second-order valence-corrected chi connectivity index (χ2v) is 8.10. The molecule has 4 rings (SSSR count). The summed E-state index contributed by atoms with van der Waals surface area (Å²) in [6.45, 7) is 0.837. The van der Waals surface area contributed by atoms with E-state index < -0.39 is 0 Å². The van der Waals surface area contributed by atoms with Crippen LogP contribution >= 0.6 is 11.6 Å². The summed E-state index contributed by atoms with van der Waals surface area (Å²) >= 11 is 5.92. The van der Waals surface area contributed by atoms with Crippen LogP contribution in [0.4, 0.5) is 0 Å². The van der Waals surface area contributed by atoms with Crippen molar-refractivity contribution in [2.45, 2.75) is 26.0 Å². The minimum absolute atomic E-state index is 0.0883. The van der Waals surface area contributed by atoms with E-state index >= 15 is 0 Å². The van der Waals surface area contributed by atoms with Crippen LogP contribution in [0.2, 0.25) is 5.02 Å². The summed E-state index contributed by atoms with van der Waals surface area (Å²) in [6, 6.07) is 22.9. The molecule has 0 unspecified atom stereocenters. The molecule has 174 valence electrons. The molecule has 4 aromatic rings. The predicted octanol–water partition coefficient (Wildman–Crippen LogP) is 5.83. The van der Waals surface area contributed by atoms with Crippen molar-refractivity contribution >= 4 is 17.5 Å². The van der Waals surface area contributed by atoms with Gasteiger partial charge < -0.3 is 19.2 Å². The first-order chi connectivity index (χ1) is 16.6. The summed E-state index contributed by atoms with van der Waals surface area (Å²) in [5, 5.41) is 3.58. The fourth-order valence-electron chi connectivity index (χ4n) is 3.36. The Kier molecular flexibility index (Phi) is 7.83. The van der Waals surface area contributed by atoms with E-state index in [4.69, 9.17) is 25.5 Å². The van der Waals surface area contributed by atoms with Crippen molar-refractivity contribution in [2.75, 3.05) is 7.11 Å². The topological polar surface area (TPSA) is 73.6 Å². The van der Waals surface area contributed by atoms with E-state index in [1.165, 1.54) is 0 Å². The number of benzene rings is 3. The maximum atomic E-state index is 12.3. The number of carbonyl (C=O) groups excluding carboxylic acids is 1. The summed E-state index contributed by atoms with van der Waals surface area (Å²) in [5.41, 5.74) is 2.88. The Bertz CT molecular complexity index is 1220. The highest BCUT2D eigenvalue weighted by atomic mass is 35.5. The van der Waals surface area contributed by atoms with Gasteiger partial charge in [-0.1, -0.05) is 48.0 Å². The van der Waals surface area contributed by atoms with Crippen molar-refractivity contribution in [3.8, 4) is 22.8 Å². The number of rotatable bonds is 10. The quantitative estimate of drug-likeness (QED) is 0.311. The molecule has 34 heavy (non-hydrogen) atoms. The molecule has 7 heteroatoms. The van der Waals surface area contributed by atoms with Crippen LogP contribution in [-0.4, -0.2) is 18.0 Å². The minimum atomic E-state index is -0.0883. The molecule has 0 atom stereocenters. The second kappa shape index (κ2) is 11.4. The molecule has 3 aromatic carbocycles. The number of halogens is 1. The molecule has 1 amide bonds. The highest BCUT2D eigenvalue weighted by molar-refractivity contribution is 6.30. The SMILES string of the molecule is COc1cc(CNC(=O)CCc2ncc(-c3ccc(Cl)cc3)o2)ccc1OCc1ccccc1. The summed E-state index contributed by atoms with van der Waals surface area (Å²) in [7, 11) is 1.60. The summed E-state index contributed by atoms with van der Waals surface area (Å²) in [6.07, 6.45) is 2.34. The Morgan fingerprint density at radius 2 is 1.79 bits per heavy atom. The lowest BCUT2D eigenvalue weighted by molar-refractivity contribution is -0.121. The largest absolute Gasteiger partial charge is 0.493 e. The lowest BCUT2D eigenvalue weighted by Crippen LogP contribution is -2.23. The molecular formula is C27H25ClN2O4. The van der Waals surface area contributed by atoms with Gasteiger partial charge >= 0.3 is 0 Å². The molecule has 0 bridgehead atoms. The average molecular weight is 477 g/mol. The number of hydrogen-bond donors (Lipinski definition) is 1. The number of amides is 1. The van der Waals surface area contributed by atoms with Gasteiger partial charge in [-0.2, -0.15) is 0 Å². The molecule has 0 aliphatic rings. The zero-order valence-corrected chi connectivity index (χ0v) is 19.5. The molecule has 0 fully saturated rings. The van der Waals surface area contributed by atoms with Gasteiger partial charge in [0.15, 0.2) is 23.1 Å². The number of aromatic nitrogens is 1. The molecule has 0 aliphatic heterocycles.